The summed E-state index contributed by atoms with van der Waals surface area (Å²) in [6, 6.07) is 0.903. The minimum absolute atomic E-state index is 0.290. The molecule has 1 unspecified atom stereocenters. The van der Waals surface area contributed by atoms with E-state index in [2.05, 4.69) is 34.9 Å². The lowest BCUT2D eigenvalue weighted by Crippen LogP contribution is -2.25. The number of hydrogen-bond donors (Lipinski definition) is 1. The summed E-state index contributed by atoms with van der Waals surface area (Å²) in [4.78, 5) is 4.45. The second-order valence-electron chi connectivity index (χ2n) is 5.74. The predicted octanol–water partition coefficient (Wildman–Crippen LogP) is 3.47. The van der Waals surface area contributed by atoms with E-state index in [9.17, 15) is 0 Å². The van der Waals surface area contributed by atoms with Crippen LogP contribution in [0.1, 0.15) is 52.0 Å². The van der Waals surface area contributed by atoms with E-state index in [0.29, 0.717) is 12.6 Å². The third-order valence-electron chi connectivity index (χ3n) is 4.25. The van der Waals surface area contributed by atoms with Crippen molar-refractivity contribution in [3.8, 4) is 0 Å². The highest BCUT2D eigenvalue weighted by Crippen LogP contribution is 2.34. The molecule has 19 heavy (non-hydrogen) atoms. The van der Waals surface area contributed by atoms with E-state index in [1.54, 1.807) is 7.11 Å². The average molecular weight is 265 g/mol. The van der Waals surface area contributed by atoms with E-state index >= 15 is 0 Å². The molecule has 1 aliphatic carbocycles. The van der Waals surface area contributed by atoms with Crippen molar-refractivity contribution in [2.45, 2.75) is 58.0 Å². The fourth-order valence-electron chi connectivity index (χ4n) is 3.06. The highest BCUT2D eigenvalue weighted by atomic mass is 16.5. The zero-order chi connectivity index (χ0) is 13.7. The highest BCUT2D eigenvalue weighted by molar-refractivity contribution is 5.28. The second-order valence-corrected chi connectivity index (χ2v) is 5.74. The zero-order valence-corrected chi connectivity index (χ0v) is 12.4. The van der Waals surface area contributed by atoms with E-state index < -0.39 is 0 Å². The van der Waals surface area contributed by atoms with Gasteiger partial charge in [-0.2, -0.15) is 0 Å². The van der Waals surface area contributed by atoms with Gasteiger partial charge >= 0.3 is 0 Å². The summed E-state index contributed by atoms with van der Waals surface area (Å²) in [5.74, 6) is 1.92. The normalized spacial score (nSPS) is 25.2. The van der Waals surface area contributed by atoms with Crippen LogP contribution in [0.15, 0.2) is 12.4 Å². The second kappa shape index (κ2) is 6.94. The number of methoxy groups -OCH3 is 1. The van der Waals surface area contributed by atoms with Crippen LogP contribution < -0.4 is 5.32 Å². The molecule has 108 valence electrons. The Bertz CT molecular complexity index is 369. The van der Waals surface area contributed by atoms with Crippen LogP contribution in [-0.2, 0) is 4.74 Å². The monoisotopic (exact) mass is 265 g/mol. The highest BCUT2D eigenvalue weighted by Gasteiger charge is 2.23. The lowest BCUT2D eigenvalue weighted by Gasteiger charge is -2.30. The van der Waals surface area contributed by atoms with Gasteiger partial charge < -0.3 is 14.6 Å². The van der Waals surface area contributed by atoms with Crippen LogP contribution in [-0.4, -0.2) is 29.3 Å². The molecular weight excluding hydrogens is 238 g/mol. The number of nitrogens with zero attached hydrogens (tertiary/aromatic N) is 2. The van der Waals surface area contributed by atoms with E-state index in [1.165, 1.54) is 32.1 Å². The van der Waals surface area contributed by atoms with Gasteiger partial charge in [-0.15, -0.1) is 0 Å². The Morgan fingerprint density at radius 1 is 1.42 bits per heavy atom. The third kappa shape index (κ3) is 3.72. The first-order valence-electron chi connectivity index (χ1n) is 7.52. The van der Waals surface area contributed by atoms with Crippen LogP contribution in [0.4, 0.5) is 5.95 Å². The van der Waals surface area contributed by atoms with Crippen molar-refractivity contribution in [2.24, 2.45) is 5.92 Å². The van der Waals surface area contributed by atoms with Gasteiger partial charge in [0.05, 0.1) is 6.61 Å². The van der Waals surface area contributed by atoms with Crippen LogP contribution >= 0.6 is 0 Å². The molecule has 0 spiro atoms. The lowest BCUT2D eigenvalue weighted by atomic mass is 9.84. The minimum atomic E-state index is 0.290. The molecule has 1 fully saturated rings. The zero-order valence-electron chi connectivity index (χ0n) is 12.4. The Morgan fingerprint density at radius 3 is 2.79 bits per heavy atom. The molecule has 0 radical (unpaired) electrons. The third-order valence-corrected chi connectivity index (χ3v) is 4.25. The molecule has 1 atom stereocenters. The molecule has 1 aromatic rings. The van der Waals surface area contributed by atoms with Gasteiger partial charge in [-0.05, 0) is 38.5 Å². The van der Waals surface area contributed by atoms with Gasteiger partial charge in [0, 0.05) is 31.6 Å². The van der Waals surface area contributed by atoms with Crippen molar-refractivity contribution >= 4 is 5.95 Å². The molecule has 1 heterocycles. The van der Waals surface area contributed by atoms with Crippen LogP contribution in [0.2, 0.25) is 0 Å². The van der Waals surface area contributed by atoms with E-state index in [1.807, 2.05) is 6.20 Å². The first-order valence-corrected chi connectivity index (χ1v) is 7.52. The van der Waals surface area contributed by atoms with Crippen molar-refractivity contribution in [3.05, 3.63) is 12.4 Å². The SMILES string of the molecule is CCC1CCC(n2ccnc2NC(C)COC)CC1. The molecule has 1 saturated carbocycles. The molecule has 4 heteroatoms. The number of nitrogens with one attached hydrogen (secondary N) is 1. The van der Waals surface area contributed by atoms with Gasteiger partial charge in [0.15, 0.2) is 0 Å². The molecule has 1 aliphatic rings. The topological polar surface area (TPSA) is 39.1 Å². The summed E-state index contributed by atoms with van der Waals surface area (Å²) in [6.45, 7) is 5.13. The molecule has 0 aliphatic heterocycles. The van der Waals surface area contributed by atoms with Crippen LogP contribution in [0.25, 0.3) is 0 Å². The molecule has 1 N–H and O–H groups in total. The number of aromatic nitrogens is 2. The number of anilines is 1. The molecule has 0 bridgehead atoms. The average Bonchev–Trinajstić information content (AvgIpc) is 2.87. The Kier molecular flexibility index (Phi) is 5.25. The van der Waals surface area contributed by atoms with Gasteiger partial charge in [-0.3, -0.25) is 0 Å². The predicted molar refractivity (Wildman–Crippen MR) is 78.5 cm³/mol. The van der Waals surface area contributed by atoms with Crippen LogP contribution in [0.3, 0.4) is 0 Å². The molecule has 1 aromatic heterocycles. The Labute approximate surface area is 116 Å². The van der Waals surface area contributed by atoms with E-state index in [4.69, 9.17) is 4.74 Å². The molecule has 4 nitrogen and oxygen atoms in total. The van der Waals surface area contributed by atoms with Gasteiger partial charge in [-0.1, -0.05) is 13.3 Å². The van der Waals surface area contributed by atoms with Gasteiger partial charge in [0.25, 0.3) is 0 Å². The Morgan fingerprint density at radius 2 is 2.16 bits per heavy atom. The molecular formula is C15H27N3O. The maximum atomic E-state index is 5.17. The summed E-state index contributed by atoms with van der Waals surface area (Å²) in [6.07, 6.45) is 10.6. The summed E-state index contributed by atoms with van der Waals surface area (Å²) in [5.41, 5.74) is 0. The standard InChI is InChI=1S/C15H27N3O/c1-4-13-5-7-14(8-6-13)18-10-9-16-15(18)17-12(2)11-19-3/h9-10,12-14H,4-8,11H2,1-3H3,(H,16,17). The van der Waals surface area contributed by atoms with Crippen LogP contribution in [0.5, 0.6) is 0 Å². The van der Waals surface area contributed by atoms with Crippen molar-refractivity contribution in [2.75, 3.05) is 19.0 Å². The largest absolute Gasteiger partial charge is 0.383 e. The van der Waals surface area contributed by atoms with Gasteiger partial charge in [-0.25, -0.2) is 4.98 Å². The van der Waals surface area contributed by atoms with Gasteiger partial charge in [0.1, 0.15) is 0 Å². The maximum absolute atomic E-state index is 5.17. The van der Waals surface area contributed by atoms with Crippen molar-refractivity contribution in [3.63, 3.8) is 0 Å². The quantitative estimate of drug-likeness (QED) is 0.856. The summed E-state index contributed by atoms with van der Waals surface area (Å²) in [5, 5.41) is 3.44. The molecule has 0 amide bonds. The number of hydrogen-bond acceptors (Lipinski definition) is 3. The number of rotatable bonds is 6. The number of ether oxygens (including phenoxy) is 1. The molecule has 0 saturated heterocycles. The summed E-state index contributed by atoms with van der Waals surface area (Å²) >= 11 is 0. The van der Waals surface area contributed by atoms with Crippen molar-refractivity contribution in [1.29, 1.82) is 0 Å². The van der Waals surface area contributed by atoms with Crippen LogP contribution in [0, 0.1) is 5.92 Å². The Balaban J connectivity index is 1.95. The fourth-order valence-corrected chi connectivity index (χ4v) is 3.06. The fraction of sp³-hybridized carbons (Fsp3) is 0.800. The Hall–Kier alpha value is -1.03. The van der Waals surface area contributed by atoms with Crippen molar-refractivity contribution in [1.82, 2.24) is 9.55 Å². The molecule has 2 rings (SSSR count). The van der Waals surface area contributed by atoms with E-state index in [0.717, 1.165) is 11.9 Å². The van der Waals surface area contributed by atoms with Gasteiger partial charge in [0.2, 0.25) is 5.95 Å². The lowest BCUT2D eigenvalue weighted by molar-refractivity contribution is 0.189. The first kappa shape index (κ1) is 14.4. The number of imidazole rings is 1. The summed E-state index contributed by atoms with van der Waals surface area (Å²) in [7, 11) is 1.73. The minimum Gasteiger partial charge on any atom is -0.383 e. The molecule has 0 aromatic carbocycles. The first-order chi connectivity index (χ1) is 9.24. The smallest absolute Gasteiger partial charge is 0.203 e. The maximum Gasteiger partial charge on any atom is 0.203 e. The summed E-state index contributed by atoms with van der Waals surface area (Å²) < 4.78 is 7.48. The van der Waals surface area contributed by atoms with Crippen molar-refractivity contribution < 1.29 is 4.74 Å². The van der Waals surface area contributed by atoms with E-state index in [-0.39, 0.29) is 6.04 Å².